The maximum atomic E-state index is 12.9. The van der Waals surface area contributed by atoms with Crippen LogP contribution in [0.25, 0.3) is 6.08 Å². The Kier molecular flexibility index (Phi) is 8.85. The summed E-state index contributed by atoms with van der Waals surface area (Å²) in [4.78, 5) is 12.2. The molecule has 0 unspecified atom stereocenters. The number of benzene rings is 1. The molecule has 0 fully saturated rings. The van der Waals surface area contributed by atoms with E-state index in [4.69, 9.17) is 13.8 Å². The molecular formula is C17H25O5P. The summed E-state index contributed by atoms with van der Waals surface area (Å²) in [6.07, 6.45) is 3.89. The van der Waals surface area contributed by atoms with Gasteiger partial charge in [-0.25, -0.2) is 0 Å². The van der Waals surface area contributed by atoms with Crippen molar-refractivity contribution in [2.75, 3.05) is 19.8 Å². The summed E-state index contributed by atoms with van der Waals surface area (Å²) in [6.45, 7) is 5.77. The van der Waals surface area contributed by atoms with E-state index in [1.54, 1.807) is 26.8 Å². The van der Waals surface area contributed by atoms with E-state index in [0.717, 1.165) is 5.56 Å². The summed E-state index contributed by atoms with van der Waals surface area (Å²) in [5.41, 5.74) is 0.0417. The molecule has 0 radical (unpaired) electrons. The normalized spacial score (nSPS) is 13.2. The van der Waals surface area contributed by atoms with E-state index in [1.807, 2.05) is 36.4 Å². The summed E-state index contributed by atoms with van der Waals surface area (Å²) in [6, 6.07) is 9.67. The lowest BCUT2D eigenvalue weighted by molar-refractivity contribution is -0.143. The van der Waals surface area contributed by atoms with Crippen LogP contribution in [0.3, 0.4) is 0 Å². The molecule has 0 aliphatic heterocycles. The molecule has 0 aliphatic rings. The first-order valence-electron chi connectivity index (χ1n) is 7.84. The average Bonchev–Trinajstić information content (AvgIpc) is 2.53. The topological polar surface area (TPSA) is 61.8 Å². The fourth-order valence-electron chi connectivity index (χ4n) is 2.07. The third kappa shape index (κ3) is 6.30. The van der Waals surface area contributed by atoms with E-state index in [0.29, 0.717) is 0 Å². The number of ether oxygens (including phenoxy) is 1. The molecule has 5 nitrogen and oxygen atoms in total. The Morgan fingerprint density at radius 3 is 2.22 bits per heavy atom. The molecule has 1 aromatic rings. The van der Waals surface area contributed by atoms with Gasteiger partial charge in [0.15, 0.2) is 5.66 Å². The molecule has 0 saturated carbocycles. The molecule has 0 aromatic heterocycles. The number of rotatable bonds is 10. The van der Waals surface area contributed by atoms with Crippen LogP contribution in [-0.2, 0) is 23.1 Å². The molecule has 1 atom stereocenters. The van der Waals surface area contributed by atoms with Gasteiger partial charge in [-0.1, -0.05) is 42.5 Å². The Bertz CT molecular complexity index is 531. The van der Waals surface area contributed by atoms with Crippen LogP contribution in [-0.4, -0.2) is 31.4 Å². The fraction of sp³-hybridized carbons (Fsp3) is 0.471. The van der Waals surface area contributed by atoms with Gasteiger partial charge in [-0.05, 0) is 32.8 Å². The molecule has 0 bridgehead atoms. The smallest absolute Gasteiger partial charge is 0.345 e. The van der Waals surface area contributed by atoms with Gasteiger partial charge in [-0.2, -0.15) is 0 Å². The van der Waals surface area contributed by atoms with E-state index in [-0.39, 0.29) is 26.2 Å². The van der Waals surface area contributed by atoms with Crippen LogP contribution in [0.5, 0.6) is 0 Å². The van der Waals surface area contributed by atoms with E-state index >= 15 is 0 Å². The third-order valence-electron chi connectivity index (χ3n) is 3.03. The van der Waals surface area contributed by atoms with Gasteiger partial charge in [-0.15, -0.1) is 0 Å². The standard InChI is InChI=1S/C17H25O5P/c1-4-20-17(18)16(23(19,21-5-2)22-6-3)14-10-13-15-11-8-7-9-12-15/h7-13,16H,4-6,14H2,1-3H3/b13-10+/t16-/m1/s1. The van der Waals surface area contributed by atoms with Crippen molar-refractivity contribution in [3.8, 4) is 0 Å². The fourth-order valence-corrected chi connectivity index (χ4v) is 3.93. The minimum absolute atomic E-state index is 0.204. The molecule has 1 aromatic carbocycles. The highest BCUT2D eigenvalue weighted by Gasteiger charge is 2.41. The van der Waals surface area contributed by atoms with Crippen molar-refractivity contribution in [2.24, 2.45) is 0 Å². The molecule has 0 spiro atoms. The lowest BCUT2D eigenvalue weighted by atomic mass is 10.2. The summed E-state index contributed by atoms with van der Waals surface area (Å²) < 4.78 is 28.5. The summed E-state index contributed by atoms with van der Waals surface area (Å²) in [5.74, 6) is -0.560. The second-order valence-electron chi connectivity index (χ2n) is 4.69. The van der Waals surface area contributed by atoms with Crippen molar-refractivity contribution < 1.29 is 23.1 Å². The largest absolute Gasteiger partial charge is 0.465 e. The number of esters is 1. The maximum Gasteiger partial charge on any atom is 0.345 e. The first kappa shape index (κ1) is 19.6. The van der Waals surface area contributed by atoms with Gasteiger partial charge in [0, 0.05) is 0 Å². The molecule has 128 valence electrons. The highest BCUT2D eigenvalue weighted by atomic mass is 31.2. The van der Waals surface area contributed by atoms with Gasteiger partial charge in [-0.3, -0.25) is 9.36 Å². The maximum absolute atomic E-state index is 12.9. The van der Waals surface area contributed by atoms with E-state index in [1.165, 1.54) is 0 Å². The Balaban J connectivity index is 2.93. The van der Waals surface area contributed by atoms with Crippen LogP contribution in [0.4, 0.5) is 0 Å². The summed E-state index contributed by atoms with van der Waals surface area (Å²) >= 11 is 0. The predicted molar refractivity (Wildman–Crippen MR) is 91.4 cm³/mol. The van der Waals surface area contributed by atoms with Crippen LogP contribution in [0, 0.1) is 0 Å². The van der Waals surface area contributed by atoms with Crippen molar-refractivity contribution in [1.82, 2.24) is 0 Å². The SMILES string of the molecule is CCOC(=O)[C@@H](C/C=C/c1ccccc1)P(=O)(OCC)OCC. The molecule has 0 heterocycles. The van der Waals surface area contributed by atoms with Gasteiger partial charge in [0.05, 0.1) is 19.8 Å². The van der Waals surface area contributed by atoms with Gasteiger partial charge >= 0.3 is 13.6 Å². The van der Waals surface area contributed by atoms with Crippen molar-refractivity contribution in [3.63, 3.8) is 0 Å². The molecule has 6 heteroatoms. The van der Waals surface area contributed by atoms with Crippen LogP contribution < -0.4 is 0 Å². The summed E-state index contributed by atoms with van der Waals surface area (Å²) in [7, 11) is -3.56. The van der Waals surface area contributed by atoms with Crippen molar-refractivity contribution in [1.29, 1.82) is 0 Å². The lowest BCUT2D eigenvalue weighted by Crippen LogP contribution is -2.25. The first-order chi connectivity index (χ1) is 11.1. The highest BCUT2D eigenvalue weighted by molar-refractivity contribution is 7.55. The minimum atomic E-state index is -3.56. The van der Waals surface area contributed by atoms with Crippen LogP contribution in [0.1, 0.15) is 32.8 Å². The second kappa shape index (κ2) is 10.4. The Morgan fingerprint density at radius 2 is 1.70 bits per heavy atom. The minimum Gasteiger partial charge on any atom is -0.465 e. The van der Waals surface area contributed by atoms with E-state index in [2.05, 4.69) is 0 Å². The Labute approximate surface area is 138 Å². The van der Waals surface area contributed by atoms with Crippen molar-refractivity contribution >= 4 is 19.6 Å². The van der Waals surface area contributed by atoms with Crippen molar-refractivity contribution in [3.05, 3.63) is 42.0 Å². The monoisotopic (exact) mass is 340 g/mol. The Hall–Kier alpha value is -1.42. The molecular weight excluding hydrogens is 315 g/mol. The lowest BCUT2D eigenvalue weighted by Gasteiger charge is -2.23. The zero-order valence-electron chi connectivity index (χ0n) is 13.9. The van der Waals surface area contributed by atoms with Gasteiger partial charge in [0.25, 0.3) is 0 Å². The van der Waals surface area contributed by atoms with Crippen LogP contribution in [0.2, 0.25) is 0 Å². The molecule has 23 heavy (non-hydrogen) atoms. The number of hydrogen-bond donors (Lipinski definition) is 0. The van der Waals surface area contributed by atoms with Crippen LogP contribution >= 0.6 is 7.60 Å². The third-order valence-corrected chi connectivity index (χ3v) is 5.45. The Morgan fingerprint density at radius 1 is 1.09 bits per heavy atom. The molecule has 0 amide bonds. The molecule has 0 N–H and O–H groups in total. The molecule has 0 aliphatic carbocycles. The molecule has 0 saturated heterocycles. The predicted octanol–water partition coefficient (Wildman–Crippen LogP) is 4.29. The second-order valence-corrected chi connectivity index (χ2v) is 6.91. The highest BCUT2D eigenvalue weighted by Crippen LogP contribution is 2.54. The summed E-state index contributed by atoms with van der Waals surface area (Å²) in [5, 5.41) is 0. The van der Waals surface area contributed by atoms with Gasteiger partial charge in [0.2, 0.25) is 0 Å². The number of hydrogen-bond acceptors (Lipinski definition) is 5. The van der Waals surface area contributed by atoms with Crippen molar-refractivity contribution in [2.45, 2.75) is 32.9 Å². The quantitative estimate of drug-likeness (QED) is 0.470. The number of carbonyl (C=O) groups excluding carboxylic acids is 1. The zero-order chi connectivity index (χ0) is 17.1. The zero-order valence-corrected chi connectivity index (χ0v) is 14.8. The average molecular weight is 340 g/mol. The molecule has 1 rings (SSSR count). The van der Waals surface area contributed by atoms with Crippen LogP contribution in [0.15, 0.2) is 36.4 Å². The van der Waals surface area contributed by atoms with E-state index in [9.17, 15) is 9.36 Å². The van der Waals surface area contributed by atoms with Gasteiger partial charge < -0.3 is 13.8 Å². The first-order valence-corrected chi connectivity index (χ1v) is 9.45. The van der Waals surface area contributed by atoms with E-state index < -0.39 is 19.2 Å². The number of allylic oxidation sites excluding steroid dienone is 1. The van der Waals surface area contributed by atoms with Gasteiger partial charge in [0.1, 0.15) is 0 Å². The number of carbonyl (C=O) groups is 1.